The van der Waals surface area contributed by atoms with Gasteiger partial charge in [-0.1, -0.05) is 13.3 Å². The zero-order valence-corrected chi connectivity index (χ0v) is 8.78. The second-order valence-electron chi connectivity index (χ2n) is 3.29. The van der Waals surface area contributed by atoms with Gasteiger partial charge in [0.1, 0.15) is 5.82 Å². The Kier molecular flexibility index (Phi) is 3.22. The van der Waals surface area contributed by atoms with E-state index in [2.05, 4.69) is 11.9 Å². The van der Waals surface area contributed by atoms with Crippen LogP contribution in [0, 0.1) is 6.92 Å². The molecule has 0 amide bonds. The molecule has 0 radical (unpaired) electrons. The Morgan fingerprint density at radius 1 is 1.36 bits per heavy atom. The van der Waals surface area contributed by atoms with Crippen molar-refractivity contribution in [1.82, 2.24) is 14.1 Å². The Morgan fingerprint density at radius 3 is 2.57 bits per heavy atom. The van der Waals surface area contributed by atoms with Crippen LogP contribution in [-0.4, -0.2) is 14.1 Å². The zero-order valence-electron chi connectivity index (χ0n) is 8.78. The van der Waals surface area contributed by atoms with Crippen LogP contribution in [0.3, 0.4) is 0 Å². The molecule has 0 unspecified atom stereocenters. The Bertz CT molecular complexity index is 431. The molecule has 1 aromatic heterocycles. The van der Waals surface area contributed by atoms with Crippen LogP contribution in [0.25, 0.3) is 0 Å². The average molecular weight is 197 g/mol. The van der Waals surface area contributed by atoms with Crippen molar-refractivity contribution in [3.05, 3.63) is 26.8 Å². The highest BCUT2D eigenvalue weighted by Gasteiger charge is 2.05. The normalized spacial score (nSPS) is 10.5. The lowest BCUT2D eigenvalue weighted by molar-refractivity contribution is 0.528. The minimum Gasteiger partial charge on any atom is -0.282 e. The predicted octanol–water partition coefficient (Wildman–Crippen LogP) is 0.0505. The third-order valence-electron chi connectivity index (χ3n) is 2.19. The molecule has 0 atom stereocenters. The number of hydrogen-bond donors (Lipinski definition) is 0. The van der Waals surface area contributed by atoms with Crippen molar-refractivity contribution in [3.63, 3.8) is 0 Å². The van der Waals surface area contributed by atoms with Crippen LogP contribution in [-0.2, 0) is 13.6 Å². The molecule has 5 heteroatoms. The Balaban J connectivity index is 3.23. The molecular formula is C9H15N3O2. The first-order valence-corrected chi connectivity index (χ1v) is 4.72. The maximum absolute atomic E-state index is 11.6. The number of hydrogen-bond acceptors (Lipinski definition) is 3. The van der Waals surface area contributed by atoms with Crippen molar-refractivity contribution in [2.75, 3.05) is 0 Å². The van der Waals surface area contributed by atoms with Crippen LogP contribution < -0.4 is 11.4 Å². The molecule has 1 heterocycles. The highest BCUT2D eigenvalue weighted by molar-refractivity contribution is 4.84. The van der Waals surface area contributed by atoms with Crippen molar-refractivity contribution in [3.8, 4) is 0 Å². The van der Waals surface area contributed by atoms with Gasteiger partial charge >= 0.3 is 11.4 Å². The summed E-state index contributed by atoms with van der Waals surface area (Å²) < 4.78 is 2.56. The second kappa shape index (κ2) is 4.21. The number of aryl methyl sites for hydroxylation is 1. The van der Waals surface area contributed by atoms with Gasteiger partial charge in [-0.05, 0) is 13.3 Å². The Morgan fingerprint density at radius 2 is 2.00 bits per heavy atom. The molecule has 0 saturated carbocycles. The topological polar surface area (TPSA) is 56.9 Å². The number of unbranched alkanes of at least 4 members (excludes halogenated alkanes) is 1. The lowest BCUT2D eigenvalue weighted by atomic mass is 10.3. The summed E-state index contributed by atoms with van der Waals surface area (Å²) >= 11 is 0. The summed E-state index contributed by atoms with van der Waals surface area (Å²) in [4.78, 5) is 26.5. The molecule has 78 valence electrons. The van der Waals surface area contributed by atoms with E-state index >= 15 is 0 Å². The van der Waals surface area contributed by atoms with E-state index in [0.29, 0.717) is 12.4 Å². The van der Waals surface area contributed by atoms with E-state index < -0.39 is 5.69 Å². The third kappa shape index (κ3) is 1.92. The molecule has 1 rings (SSSR count). The summed E-state index contributed by atoms with van der Waals surface area (Å²) in [6.45, 7) is 4.36. The maximum Gasteiger partial charge on any atom is 0.353 e. The standard InChI is InChI=1S/C9H15N3O2/c1-4-5-6-12-7(2)10-8(13)11(3)9(12)14/h4-6H2,1-3H3. The van der Waals surface area contributed by atoms with Gasteiger partial charge in [0.2, 0.25) is 0 Å². The summed E-state index contributed by atoms with van der Waals surface area (Å²) in [5.74, 6) is 0.492. The van der Waals surface area contributed by atoms with Crippen LogP contribution in [0.5, 0.6) is 0 Å². The number of aromatic nitrogens is 3. The van der Waals surface area contributed by atoms with Crippen molar-refractivity contribution >= 4 is 0 Å². The molecule has 0 N–H and O–H groups in total. The van der Waals surface area contributed by atoms with Gasteiger partial charge in [0.15, 0.2) is 0 Å². The third-order valence-corrected chi connectivity index (χ3v) is 2.19. The van der Waals surface area contributed by atoms with E-state index in [0.717, 1.165) is 17.4 Å². The Hall–Kier alpha value is -1.39. The quantitative estimate of drug-likeness (QED) is 0.688. The monoisotopic (exact) mass is 197 g/mol. The molecule has 0 aliphatic carbocycles. The van der Waals surface area contributed by atoms with Crippen molar-refractivity contribution in [2.45, 2.75) is 33.2 Å². The summed E-state index contributed by atoms with van der Waals surface area (Å²) in [6, 6.07) is 0. The molecule has 5 nitrogen and oxygen atoms in total. The van der Waals surface area contributed by atoms with E-state index in [-0.39, 0.29) is 5.69 Å². The molecule has 0 bridgehead atoms. The molecule has 0 aromatic carbocycles. The smallest absolute Gasteiger partial charge is 0.282 e. The average Bonchev–Trinajstić information content (AvgIpc) is 2.14. The van der Waals surface area contributed by atoms with Gasteiger partial charge in [-0.25, -0.2) is 14.2 Å². The van der Waals surface area contributed by atoms with Gasteiger partial charge in [-0.15, -0.1) is 0 Å². The minimum absolute atomic E-state index is 0.282. The van der Waals surface area contributed by atoms with Crippen LogP contribution >= 0.6 is 0 Å². The van der Waals surface area contributed by atoms with E-state index in [1.807, 2.05) is 0 Å². The fraction of sp³-hybridized carbons (Fsp3) is 0.667. The van der Waals surface area contributed by atoms with Crippen LogP contribution in [0.1, 0.15) is 25.6 Å². The van der Waals surface area contributed by atoms with Crippen molar-refractivity contribution in [1.29, 1.82) is 0 Å². The zero-order chi connectivity index (χ0) is 10.7. The van der Waals surface area contributed by atoms with Crippen LogP contribution in [0.15, 0.2) is 9.59 Å². The fourth-order valence-electron chi connectivity index (χ4n) is 1.25. The molecular weight excluding hydrogens is 182 g/mol. The van der Waals surface area contributed by atoms with Gasteiger partial charge in [0.25, 0.3) is 0 Å². The molecule has 0 aliphatic heterocycles. The van der Waals surface area contributed by atoms with Crippen LogP contribution in [0.2, 0.25) is 0 Å². The summed E-state index contributed by atoms with van der Waals surface area (Å²) in [5.41, 5.74) is -0.767. The lowest BCUT2D eigenvalue weighted by Gasteiger charge is -2.08. The first kappa shape index (κ1) is 10.7. The number of rotatable bonds is 3. The van der Waals surface area contributed by atoms with Gasteiger partial charge < -0.3 is 0 Å². The first-order valence-electron chi connectivity index (χ1n) is 4.72. The van der Waals surface area contributed by atoms with Crippen molar-refractivity contribution in [2.24, 2.45) is 7.05 Å². The second-order valence-corrected chi connectivity index (χ2v) is 3.29. The molecule has 0 aliphatic rings. The van der Waals surface area contributed by atoms with E-state index in [9.17, 15) is 9.59 Å². The van der Waals surface area contributed by atoms with Crippen LogP contribution in [0.4, 0.5) is 0 Å². The highest BCUT2D eigenvalue weighted by atomic mass is 16.2. The highest BCUT2D eigenvalue weighted by Crippen LogP contribution is 1.92. The predicted molar refractivity (Wildman–Crippen MR) is 53.4 cm³/mol. The van der Waals surface area contributed by atoms with Gasteiger partial charge in [-0.2, -0.15) is 4.98 Å². The van der Waals surface area contributed by atoms with Gasteiger partial charge in [-0.3, -0.25) is 4.57 Å². The van der Waals surface area contributed by atoms with E-state index in [4.69, 9.17) is 0 Å². The SMILES string of the molecule is CCCCn1c(C)nc(=O)n(C)c1=O. The summed E-state index contributed by atoms with van der Waals surface area (Å²) in [5, 5.41) is 0. The number of nitrogens with zero attached hydrogens (tertiary/aromatic N) is 3. The molecule has 0 spiro atoms. The maximum atomic E-state index is 11.6. The minimum atomic E-state index is -0.486. The molecule has 14 heavy (non-hydrogen) atoms. The molecule has 1 aromatic rings. The van der Waals surface area contributed by atoms with E-state index in [1.54, 1.807) is 6.92 Å². The fourth-order valence-corrected chi connectivity index (χ4v) is 1.25. The Labute approximate surface area is 82.0 Å². The molecule has 0 saturated heterocycles. The molecule has 0 fully saturated rings. The largest absolute Gasteiger partial charge is 0.353 e. The summed E-state index contributed by atoms with van der Waals surface area (Å²) in [7, 11) is 1.44. The van der Waals surface area contributed by atoms with Gasteiger partial charge in [0, 0.05) is 13.6 Å². The first-order chi connectivity index (χ1) is 6.57. The van der Waals surface area contributed by atoms with E-state index in [1.165, 1.54) is 11.6 Å². The van der Waals surface area contributed by atoms with Gasteiger partial charge in [0.05, 0.1) is 0 Å². The summed E-state index contributed by atoms with van der Waals surface area (Å²) in [6.07, 6.45) is 1.93. The van der Waals surface area contributed by atoms with Crippen molar-refractivity contribution < 1.29 is 0 Å². The lowest BCUT2D eigenvalue weighted by Crippen LogP contribution is -2.41.